The molecule has 0 aliphatic rings. The number of hydrogen-bond acceptors (Lipinski definition) is 4. The van der Waals surface area contributed by atoms with Gasteiger partial charge in [-0.05, 0) is 75.8 Å². The van der Waals surface area contributed by atoms with Crippen molar-refractivity contribution in [2.75, 3.05) is 0 Å². The Bertz CT molecular complexity index is 4020. The summed E-state index contributed by atoms with van der Waals surface area (Å²) >= 11 is 1.77. The maximum absolute atomic E-state index is 9.38. The molecule has 12 rings (SSSR count). The number of rotatable bonds is 7. The summed E-state index contributed by atoms with van der Waals surface area (Å²) in [5, 5.41) is 2.42. The van der Waals surface area contributed by atoms with Crippen LogP contribution < -0.4 is 0 Å². The zero-order valence-electron chi connectivity index (χ0n) is 40.9. The second-order valence-corrected chi connectivity index (χ2v) is 16.1. The Morgan fingerprint density at radius 3 is 1.56 bits per heavy atom. The Kier molecular flexibility index (Phi) is 6.86. The second kappa shape index (κ2) is 14.9. The molecular weight excluding hydrogens is 773 g/mol. The summed E-state index contributed by atoms with van der Waals surface area (Å²) in [4.78, 5) is 15.3. The summed E-state index contributed by atoms with van der Waals surface area (Å²) in [5.74, 6) is 1.00. The molecular formula is C57H36N4S. The Morgan fingerprint density at radius 2 is 0.839 bits per heavy atom. The van der Waals surface area contributed by atoms with E-state index in [0.717, 1.165) is 44.5 Å². The van der Waals surface area contributed by atoms with Gasteiger partial charge in [-0.2, -0.15) is 0 Å². The first-order valence-corrected chi connectivity index (χ1v) is 21.0. The molecule has 4 nitrogen and oxygen atoms in total. The third kappa shape index (κ3) is 6.26. The Balaban J connectivity index is 1.11. The predicted octanol–water partition coefficient (Wildman–Crippen LogP) is 15.3. The Morgan fingerprint density at radius 1 is 0.355 bits per heavy atom. The van der Waals surface area contributed by atoms with Crippen LogP contribution in [0.15, 0.2) is 218 Å². The lowest BCUT2D eigenvalue weighted by atomic mass is 9.97. The SMILES string of the molecule is [2H]c1c([2H])c([2H])c2c(c1[2H])c1c([2H])c([2H])c([2H])c([2H])c1n2-c1cc(-c2cccc(-c3ccccc3)c2)ccc1-c1nc(-c2ccccc2)nc(-c2ccc(-c3ccc4c(c3)sc3ccccc34)cc2)n1. The van der Waals surface area contributed by atoms with E-state index in [1.54, 1.807) is 11.3 Å². The highest BCUT2D eigenvalue weighted by atomic mass is 32.1. The first kappa shape index (κ1) is 28.5. The third-order valence-corrected chi connectivity index (χ3v) is 12.5. The number of nitrogens with zero attached hydrogens (tertiary/aromatic N) is 4. The Hall–Kier alpha value is -7.99. The number of benzene rings is 9. The van der Waals surface area contributed by atoms with Crippen LogP contribution in [-0.2, 0) is 0 Å². The molecule has 5 heteroatoms. The monoisotopic (exact) mass is 816 g/mol. The lowest BCUT2D eigenvalue weighted by Crippen LogP contribution is -2.04. The molecule has 3 heterocycles. The molecule has 0 radical (unpaired) electrons. The molecule has 9 aromatic carbocycles. The van der Waals surface area contributed by atoms with Crippen LogP contribution in [-0.4, -0.2) is 19.5 Å². The standard InChI is InChI=1S/C57H36N4S/c1-3-14-37(15-4-1)41-18-13-19-42(34-41)43-31-33-49(52(35-43)61-50-23-10-7-20-45(50)46-21-8-11-24-51(46)61)57-59-55(39-16-5-2-6-17-39)58-56(60-57)40-28-26-38(27-29-40)44-30-32-48-47-22-9-12-25-53(47)62-54(48)36-44/h1-36H/i7D,8D,10D,11D,20D,21D,23D,24D. The molecule has 0 fully saturated rings. The smallest absolute Gasteiger partial charge is 0.166 e. The summed E-state index contributed by atoms with van der Waals surface area (Å²) in [5.41, 5.74) is 7.87. The molecule has 0 aliphatic heterocycles. The topological polar surface area (TPSA) is 43.6 Å². The Labute approximate surface area is 374 Å². The summed E-state index contributed by atoms with van der Waals surface area (Å²) in [6.45, 7) is 0. The van der Waals surface area contributed by atoms with E-state index in [1.807, 2.05) is 109 Å². The van der Waals surface area contributed by atoms with Crippen LogP contribution in [0.25, 0.3) is 115 Å². The minimum absolute atomic E-state index is 0.00794. The van der Waals surface area contributed by atoms with Gasteiger partial charge in [-0.25, -0.2) is 15.0 Å². The fourth-order valence-corrected chi connectivity index (χ4v) is 9.46. The summed E-state index contributed by atoms with van der Waals surface area (Å²) in [6, 6.07) is 52.6. The van der Waals surface area contributed by atoms with Crippen molar-refractivity contribution in [1.82, 2.24) is 19.5 Å². The number of para-hydroxylation sites is 2. The van der Waals surface area contributed by atoms with E-state index in [1.165, 1.54) is 24.7 Å². The van der Waals surface area contributed by atoms with Crippen LogP contribution in [0.5, 0.6) is 0 Å². The van der Waals surface area contributed by atoms with Crippen molar-refractivity contribution in [3.63, 3.8) is 0 Å². The quantitative estimate of drug-likeness (QED) is 0.161. The normalized spacial score (nSPS) is 13.4. The van der Waals surface area contributed by atoms with E-state index >= 15 is 0 Å². The molecule has 0 amide bonds. The van der Waals surface area contributed by atoms with Crippen LogP contribution in [0.4, 0.5) is 0 Å². The van der Waals surface area contributed by atoms with Gasteiger partial charge in [0.15, 0.2) is 17.5 Å². The van der Waals surface area contributed by atoms with Crippen LogP contribution in [0, 0.1) is 0 Å². The van der Waals surface area contributed by atoms with Gasteiger partial charge in [-0.15, -0.1) is 11.3 Å². The van der Waals surface area contributed by atoms with Crippen molar-refractivity contribution in [2.24, 2.45) is 0 Å². The number of hydrogen-bond donors (Lipinski definition) is 0. The minimum atomic E-state index is -0.517. The lowest BCUT2D eigenvalue weighted by molar-refractivity contribution is 1.06. The first-order valence-electron chi connectivity index (χ1n) is 24.2. The van der Waals surface area contributed by atoms with Crippen molar-refractivity contribution in [3.8, 4) is 73.2 Å². The van der Waals surface area contributed by atoms with Gasteiger partial charge in [-0.3, -0.25) is 0 Å². The van der Waals surface area contributed by atoms with E-state index in [0.29, 0.717) is 22.9 Å². The fourth-order valence-electron chi connectivity index (χ4n) is 8.31. The average molecular weight is 817 g/mol. The van der Waals surface area contributed by atoms with Gasteiger partial charge < -0.3 is 4.57 Å². The van der Waals surface area contributed by atoms with Crippen molar-refractivity contribution in [1.29, 1.82) is 0 Å². The van der Waals surface area contributed by atoms with Gasteiger partial charge in [0.05, 0.1) is 27.7 Å². The maximum Gasteiger partial charge on any atom is 0.166 e. The third-order valence-electron chi connectivity index (χ3n) is 11.3. The van der Waals surface area contributed by atoms with Crippen molar-refractivity contribution in [2.45, 2.75) is 0 Å². The van der Waals surface area contributed by atoms with Crippen molar-refractivity contribution < 1.29 is 11.0 Å². The van der Waals surface area contributed by atoms with E-state index in [2.05, 4.69) is 60.7 Å². The highest BCUT2D eigenvalue weighted by Crippen LogP contribution is 2.40. The molecule has 0 aliphatic carbocycles. The summed E-state index contributed by atoms with van der Waals surface area (Å²) < 4.78 is 76.2. The highest BCUT2D eigenvalue weighted by molar-refractivity contribution is 7.25. The molecule has 3 aromatic heterocycles. The summed E-state index contributed by atoms with van der Waals surface area (Å²) in [7, 11) is 0. The number of fused-ring (bicyclic) bond motifs is 6. The lowest BCUT2D eigenvalue weighted by Gasteiger charge is -2.17. The van der Waals surface area contributed by atoms with Crippen LogP contribution in [0.2, 0.25) is 0 Å². The van der Waals surface area contributed by atoms with E-state index in [9.17, 15) is 2.74 Å². The van der Waals surface area contributed by atoms with Crippen LogP contribution in [0.1, 0.15) is 11.0 Å². The first-order chi connectivity index (χ1) is 34.0. The van der Waals surface area contributed by atoms with Gasteiger partial charge in [0.25, 0.3) is 0 Å². The van der Waals surface area contributed by atoms with E-state index < -0.39 is 48.3 Å². The van der Waals surface area contributed by atoms with Crippen molar-refractivity contribution in [3.05, 3.63) is 218 Å². The summed E-state index contributed by atoms with van der Waals surface area (Å²) in [6.07, 6.45) is 0. The van der Waals surface area contributed by atoms with Gasteiger partial charge in [0.1, 0.15) is 0 Å². The van der Waals surface area contributed by atoms with Gasteiger partial charge >= 0.3 is 0 Å². The largest absolute Gasteiger partial charge is 0.308 e. The van der Waals surface area contributed by atoms with Gasteiger partial charge in [0, 0.05) is 47.6 Å². The van der Waals surface area contributed by atoms with Gasteiger partial charge in [-0.1, -0.05) is 176 Å². The molecule has 0 spiro atoms. The molecule has 0 saturated carbocycles. The average Bonchev–Trinajstić information content (AvgIpc) is 3.98. The van der Waals surface area contributed by atoms with Crippen LogP contribution in [0.3, 0.4) is 0 Å². The van der Waals surface area contributed by atoms with E-state index in [-0.39, 0.29) is 27.6 Å². The van der Waals surface area contributed by atoms with Gasteiger partial charge in [0.2, 0.25) is 0 Å². The maximum atomic E-state index is 9.38. The highest BCUT2D eigenvalue weighted by Gasteiger charge is 2.20. The molecule has 0 unspecified atom stereocenters. The van der Waals surface area contributed by atoms with Crippen molar-refractivity contribution >= 4 is 53.3 Å². The number of thiophene rings is 1. The predicted molar refractivity (Wildman–Crippen MR) is 260 cm³/mol. The molecule has 0 saturated heterocycles. The molecule has 62 heavy (non-hydrogen) atoms. The zero-order valence-corrected chi connectivity index (χ0v) is 33.7. The zero-order chi connectivity index (χ0) is 47.9. The molecule has 12 aromatic rings. The number of aromatic nitrogens is 4. The van der Waals surface area contributed by atoms with E-state index in [4.69, 9.17) is 23.2 Å². The molecule has 290 valence electrons. The molecule has 0 atom stereocenters. The fraction of sp³-hybridized carbons (Fsp3) is 0. The minimum Gasteiger partial charge on any atom is -0.308 e. The van der Waals surface area contributed by atoms with Crippen LogP contribution >= 0.6 is 11.3 Å². The molecule has 0 bridgehead atoms. The molecule has 0 N–H and O–H groups in total. The second-order valence-electron chi connectivity index (χ2n) is 15.0.